The van der Waals surface area contributed by atoms with Crippen molar-refractivity contribution in [2.45, 2.75) is 0 Å². The molecule has 6 nitrogen and oxygen atoms in total. The molecule has 6 heteroatoms. The van der Waals surface area contributed by atoms with Crippen molar-refractivity contribution in [1.82, 2.24) is 0 Å². The van der Waals surface area contributed by atoms with E-state index in [1.807, 2.05) is 0 Å². The average molecular weight is 208 g/mol. The van der Waals surface area contributed by atoms with Gasteiger partial charge in [0.2, 0.25) is 5.91 Å². The van der Waals surface area contributed by atoms with Crippen LogP contribution in [0.1, 0.15) is 5.56 Å². The predicted molar refractivity (Wildman–Crippen MR) is 53.0 cm³/mol. The highest BCUT2D eigenvalue weighted by atomic mass is 16.6. The Morgan fingerprint density at radius 1 is 1.53 bits per heavy atom. The smallest absolute Gasteiger partial charge is 0.280 e. The number of nitro groups is 1. The Morgan fingerprint density at radius 3 is 2.73 bits per heavy atom. The van der Waals surface area contributed by atoms with Gasteiger partial charge in [0.1, 0.15) is 5.75 Å². The maximum Gasteiger partial charge on any atom is 0.280 e. The number of aromatic hydroxyl groups is 1. The molecule has 15 heavy (non-hydrogen) atoms. The molecule has 0 radical (unpaired) electrons. The highest BCUT2D eigenvalue weighted by Crippen LogP contribution is 2.24. The van der Waals surface area contributed by atoms with E-state index < -0.39 is 10.8 Å². The summed E-state index contributed by atoms with van der Waals surface area (Å²) in [6.07, 6.45) is 2.24. The molecule has 0 saturated carbocycles. The molecule has 0 fully saturated rings. The van der Waals surface area contributed by atoms with Gasteiger partial charge in [0.15, 0.2) is 0 Å². The number of nitro benzene ring substituents is 1. The van der Waals surface area contributed by atoms with Crippen molar-refractivity contribution in [3.63, 3.8) is 0 Å². The van der Waals surface area contributed by atoms with Crippen LogP contribution in [0.15, 0.2) is 24.3 Å². The third kappa shape index (κ3) is 2.80. The van der Waals surface area contributed by atoms with Gasteiger partial charge >= 0.3 is 0 Å². The van der Waals surface area contributed by atoms with Crippen molar-refractivity contribution < 1.29 is 14.8 Å². The Morgan fingerprint density at radius 2 is 2.20 bits per heavy atom. The molecule has 1 amide bonds. The van der Waals surface area contributed by atoms with E-state index in [1.165, 1.54) is 18.2 Å². The molecule has 0 heterocycles. The molecule has 0 bridgehead atoms. The van der Waals surface area contributed by atoms with Crippen LogP contribution in [-0.2, 0) is 4.79 Å². The highest BCUT2D eigenvalue weighted by molar-refractivity contribution is 5.91. The number of phenolic OH excluding ortho intramolecular Hbond substituents is 1. The van der Waals surface area contributed by atoms with Gasteiger partial charge in [-0.05, 0) is 18.2 Å². The number of phenols is 1. The topological polar surface area (TPSA) is 106 Å². The van der Waals surface area contributed by atoms with Crippen LogP contribution < -0.4 is 5.73 Å². The molecule has 0 aliphatic heterocycles. The summed E-state index contributed by atoms with van der Waals surface area (Å²) in [7, 11) is 0. The third-order valence-electron chi connectivity index (χ3n) is 1.64. The summed E-state index contributed by atoms with van der Waals surface area (Å²) >= 11 is 0. The van der Waals surface area contributed by atoms with Crippen LogP contribution in [0.3, 0.4) is 0 Å². The van der Waals surface area contributed by atoms with E-state index >= 15 is 0 Å². The van der Waals surface area contributed by atoms with E-state index in [2.05, 4.69) is 0 Å². The van der Waals surface area contributed by atoms with Gasteiger partial charge in [-0.2, -0.15) is 0 Å². The summed E-state index contributed by atoms with van der Waals surface area (Å²) in [6.45, 7) is 0. The molecule has 1 aromatic carbocycles. The zero-order valence-corrected chi connectivity index (χ0v) is 7.58. The Balaban J connectivity index is 3.17. The molecule has 0 unspecified atom stereocenters. The van der Waals surface area contributed by atoms with Gasteiger partial charge in [-0.15, -0.1) is 0 Å². The van der Waals surface area contributed by atoms with E-state index in [1.54, 1.807) is 0 Å². The number of benzene rings is 1. The van der Waals surface area contributed by atoms with Crippen LogP contribution in [-0.4, -0.2) is 15.9 Å². The molecule has 0 aliphatic carbocycles. The minimum absolute atomic E-state index is 0.205. The summed E-state index contributed by atoms with van der Waals surface area (Å²) < 4.78 is 0. The third-order valence-corrected chi connectivity index (χ3v) is 1.64. The van der Waals surface area contributed by atoms with Crippen molar-refractivity contribution in [1.29, 1.82) is 0 Å². The molecule has 1 rings (SSSR count). The van der Waals surface area contributed by atoms with E-state index in [0.29, 0.717) is 0 Å². The lowest BCUT2D eigenvalue weighted by molar-refractivity contribution is -0.385. The standard InChI is InChI=1S/C9H8N2O4/c10-9(13)4-2-6-1-3-7(12)5-8(6)11(14)15/h1-5,12H,(H2,10,13)/b4-2+. The largest absolute Gasteiger partial charge is 0.508 e. The first-order valence-corrected chi connectivity index (χ1v) is 3.95. The van der Waals surface area contributed by atoms with Gasteiger partial charge in [0.25, 0.3) is 5.69 Å². The highest BCUT2D eigenvalue weighted by Gasteiger charge is 2.12. The number of primary amides is 1. The summed E-state index contributed by atoms with van der Waals surface area (Å²) in [5.74, 6) is -0.907. The van der Waals surface area contributed by atoms with Crippen LogP contribution in [0, 0.1) is 10.1 Å². The number of nitrogens with two attached hydrogens (primary N) is 1. The van der Waals surface area contributed by atoms with Crippen molar-refractivity contribution in [2.75, 3.05) is 0 Å². The molecule has 0 atom stereocenters. The molecule has 78 valence electrons. The van der Waals surface area contributed by atoms with Gasteiger partial charge in [0, 0.05) is 6.08 Å². The summed E-state index contributed by atoms with van der Waals surface area (Å²) in [5.41, 5.74) is 4.77. The molecule has 0 saturated heterocycles. The summed E-state index contributed by atoms with van der Waals surface area (Å²) in [5, 5.41) is 19.6. The Bertz CT molecular complexity index is 440. The van der Waals surface area contributed by atoms with Crippen molar-refractivity contribution in [3.05, 3.63) is 40.0 Å². The summed E-state index contributed by atoms with van der Waals surface area (Å²) in [4.78, 5) is 20.3. The van der Waals surface area contributed by atoms with Crippen molar-refractivity contribution >= 4 is 17.7 Å². The average Bonchev–Trinajstić information content (AvgIpc) is 2.15. The lowest BCUT2D eigenvalue weighted by Gasteiger charge is -1.97. The van der Waals surface area contributed by atoms with E-state index in [0.717, 1.165) is 12.1 Å². The predicted octanol–water partition coefficient (Wildman–Crippen LogP) is 0.799. The first-order chi connectivity index (χ1) is 7.00. The van der Waals surface area contributed by atoms with Crippen LogP contribution in [0.25, 0.3) is 6.08 Å². The molecule has 0 spiro atoms. The van der Waals surface area contributed by atoms with E-state index in [9.17, 15) is 14.9 Å². The number of nitrogens with zero attached hydrogens (tertiary/aromatic N) is 1. The maximum atomic E-state index is 10.6. The number of amides is 1. The van der Waals surface area contributed by atoms with Crippen LogP contribution in [0.4, 0.5) is 5.69 Å². The van der Waals surface area contributed by atoms with Gasteiger partial charge in [-0.3, -0.25) is 14.9 Å². The Labute approximate surface area is 84.8 Å². The first kappa shape index (κ1) is 10.7. The van der Waals surface area contributed by atoms with Gasteiger partial charge < -0.3 is 10.8 Å². The molecule has 3 N–H and O–H groups in total. The number of hydrogen-bond donors (Lipinski definition) is 2. The zero-order chi connectivity index (χ0) is 11.4. The number of rotatable bonds is 3. The van der Waals surface area contributed by atoms with Crippen LogP contribution >= 0.6 is 0 Å². The zero-order valence-electron chi connectivity index (χ0n) is 7.58. The molecule has 0 aromatic heterocycles. The molecule has 1 aromatic rings. The van der Waals surface area contributed by atoms with E-state index in [-0.39, 0.29) is 17.0 Å². The number of carbonyl (C=O) groups excluding carboxylic acids is 1. The molecular weight excluding hydrogens is 200 g/mol. The monoisotopic (exact) mass is 208 g/mol. The second-order valence-corrected chi connectivity index (χ2v) is 2.74. The minimum atomic E-state index is -0.697. The van der Waals surface area contributed by atoms with Gasteiger partial charge in [0.05, 0.1) is 16.6 Å². The van der Waals surface area contributed by atoms with Crippen molar-refractivity contribution in [3.8, 4) is 5.75 Å². The second kappa shape index (κ2) is 4.23. The Hall–Kier alpha value is -2.37. The first-order valence-electron chi connectivity index (χ1n) is 3.95. The fourth-order valence-electron chi connectivity index (χ4n) is 1.00. The fourth-order valence-corrected chi connectivity index (χ4v) is 1.00. The van der Waals surface area contributed by atoms with Gasteiger partial charge in [-0.1, -0.05) is 0 Å². The number of carbonyl (C=O) groups is 1. The second-order valence-electron chi connectivity index (χ2n) is 2.74. The van der Waals surface area contributed by atoms with Gasteiger partial charge in [-0.25, -0.2) is 0 Å². The van der Waals surface area contributed by atoms with Crippen LogP contribution in [0.2, 0.25) is 0 Å². The molecular formula is C9H8N2O4. The lowest BCUT2D eigenvalue weighted by atomic mass is 10.1. The fraction of sp³-hybridized carbons (Fsp3) is 0. The normalized spacial score (nSPS) is 10.4. The SMILES string of the molecule is NC(=O)/C=C/c1ccc(O)cc1[N+](=O)[O-]. The van der Waals surface area contributed by atoms with Crippen LogP contribution in [0.5, 0.6) is 5.75 Å². The lowest BCUT2D eigenvalue weighted by Crippen LogP contribution is -2.05. The number of hydrogen-bond acceptors (Lipinski definition) is 4. The van der Waals surface area contributed by atoms with Crippen molar-refractivity contribution in [2.24, 2.45) is 5.73 Å². The maximum absolute atomic E-state index is 10.6. The quantitative estimate of drug-likeness (QED) is 0.435. The minimum Gasteiger partial charge on any atom is -0.508 e. The molecule has 0 aliphatic rings. The Kier molecular flexibility index (Phi) is 3.02. The summed E-state index contributed by atoms with van der Waals surface area (Å²) in [6, 6.07) is 3.61. The van der Waals surface area contributed by atoms with E-state index in [4.69, 9.17) is 10.8 Å².